The van der Waals surface area contributed by atoms with E-state index < -0.39 is 4.92 Å². The van der Waals surface area contributed by atoms with E-state index in [4.69, 9.17) is 4.74 Å². The second kappa shape index (κ2) is 7.46. The van der Waals surface area contributed by atoms with Crippen LogP contribution in [-0.4, -0.2) is 28.0 Å². The number of imide groups is 1. The van der Waals surface area contributed by atoms with Crippen molar-refractivity contribution in [1.82, 2.24) is 5.01 Å². The van der Waals surface area contributed by atoms with E-state index in [1.807, 2.05) is 24.3 Å². The van der Waals surface area contributed by atoms with Crippen LogP contribution in [-0.2, 0) is 16.2 Å². The zero-order chi connectivity index (χ0) is 21.5. The minimum absolute atomic E-state index is 0.0182. The third kappa shape index (κ3) is 3.30. The first kappa shape index (κ1) is 19.2. The van der Waals surface area contributed by atoms with Gasteiger partial charge in [0.05, 0.1) is 23.0 Å². The van der Waals surface area contributed by atoms with Gasteiger partial charge in [-0.25, -0.2) is 0 Å². The standard InChI is InChI=1S/C23H19N3O5/c27-22-20-15-7-8-16(11-15)21(20)23(28)25(22)24-12-17-3-1-2-4-19(17)31-13-14-5-9-18(10-6-14)26(29)30/h1-10,12,15-16,20-21H,11,13H2/b24-12-/t15-,16-,20-,21+/m0/s1. The molecule has 0 aromatic heterocycles. The molecular weight excluding hydrogens is 398 g/mol. The number of hydrogen-bond donors (Lipinski definition) is 0. The molecule has 0 N–H and O–H groups in total. The molecule has 2 aliphatic carbocycles. The molecule has 2 aromatic rings. The van der Waals surface area contributed by atoms with Crippen LogP contribution in [0.15, 0.2) is 65.8 Å². The smallest absolute Gasteiger partial charge is 0.269 e. The first-order chi connectivity index (χ1) is 15.0. The number of amides is 2. The van der Waals surface area contributed by atoms with Crippen molar-refractivity contribution in [1.29, 1.82) is 0 Å². The SMILES string of the molecule is O=C1[C@@H]2[C@H](C(=O)N1/N=C\c1ccccc1OCc1ccc([N+](=O)[O-])cc1)[C@H]1C=C[C@H]2C1. The number of fused-ring (bicyclic) bond motifs is 5. The van der Waals surface area contributed by atoms with Gasteiger partial charge in [0.15, 0.2) is 0 Å². The monoisotopic (exact) mass is 417 g/mol. The van der Waals surface area contributed by atoms with Crippen molar-refractivity contribution in [2.45, 2.75) is 13.0 Å². The average molecular weight is 417 g/mol. The van der Waals surface area contributed by atoms with Crippen molar-refractivity contribution in [2.24, 2.45) is 28.8 Å². The largest absolute Gasteiger partial charge is 0.488 e. The van der Waals surface area contributed by atoms with E-state index in [0.29, 0.717) is 11.3 Å². The van der Waals surface area contributed by atoms with Crippen LogP contribution in [0.4, 0.5) is 5.69 Å². The minimum atomic E-state index is -0.451. The van der Waals surface area contributed by atoms with Gasteiger partial charge in [0.25, 0.3) is 17.5 Å². The number of para-hydroxylation sites is 1. The van der Waals surface area contributed by atoms with Crippen molar-refractivity contribution in [3.05, 3.63) is 81.9 Å². The van der Waals surface area contributed by atoms with Crippen LogP contribution in [0, 0.1) is 33.8 Å². The van der Waals surface area contributed by atoms with E-state index in [1.54, 1.807) is 24.3 Å². The van der Waals surface area contributed by atoms with Crippen LogP contribution in [0.1, 0.15) is 17.5 Å². The summed E-state index contributed by atoms with van der Waals surface area (Å²) in [4.78, 5) is 35.8. The number of rotatable bonds is 6. The maximum absolute atomic E-state index is 12.8. The highest BCUT2D eigenvalue weighted by Gasteiger charge is 2.59. The highest BCUT2D eigenvalue weighted by Crippen LogP contribution is 2.52. The van der Waals surface area contributed by atoms with E-state index in [1.165, 1.54) is 18.3 Å². The van der Waals surface area contributed by atoms with Crippen molar-refractivity contribution in [3.8, 4) is 5.75 Å². The fraction of sp³-hybridized carbons (Fsp3) is 0.261. The number of nitro benzene ring substituents is 1. The normalized spacial score (nSPS) is 26.1. The number of non-ortho nitro benzene ring substituents is 1. The summed E-state index contributed by atoms with van der Waals surface area (Å²) >= 11 is 0. The van der Waals surface area contributed by atoms with Gasteiger partial charge in [0.1, 0.15) is 12.4 Å². The van der Waals surface area contributed by atoms with Gasteiger partial charge < -0.3 is 4.74 Å². The van der Waals surface area contributed by atoms with Gasteiger partial charge in [0, 0.05) is 17.7 Å². The van der Waals surface area contributed by atoms with Gasteiger partial charge >= 0.3 is 0 Å². The molecule has 2 aromatic carbocycles. The predicted octanol–water partition coefficient (Wildman–Crippen LogP) is 3.31. The van der Waals surface area contributed by atoms with Gasteiger partial charge in [-0.1, -0.05) is 24.3 Å². The number of benzene rings is 2. The summed E-state index contributed by atoms with van der Waals surface area (Å²) in [5, 5.41) is 16.0. The molecule has 0 radical (unpaired) electrons. The number of allylic oxidation sites excluding steroid dienone is 2. The minimum Gasteiger partial charge on any atom is -0.488 e. The molecular formula is C23H19N3O5. The average Bonchev–Trinajstić information content (AvgIpc) is 3.46. The molecule has 0 unspecified atom stereocenters. The highest BCUT2D eigenvalue weighted by atomic mass is 16.6. The van der Waals surface area contributed by atoms with Crippen molar-refractivity contribution < 1.29 is 19.2 Å². The van der Waals surface area contributed by atoms with E-state index in [9.17, 15) is 19.7 Å². The van der Waals surface area contributed by atoms with Crippen LogP contribution < -0.4 is 4.74 Å². The molecule has 1 heterocycles. The van der Waals surface area contributed by atoms with Crippen LogP contribution >= 0.6 is 0 Å². The molecule has 31 heavy (non-hydrogen) atoms. The summed E-state index contributed by atoms with van der Waals surface area (Å²) in [5.74, 6) is -0.208. The Balaban J connectivity index is 1.30. The summed E-state index contributed by atoms with van der Waals surface area (Å²) in [6.45, 7) is 0.212. The Bertz CT molecular complexity index is 1090. The molecule has 1 saturated heterocycles. The van der Waals surface area contributed by atoms with E-state index in [-0.39, 0.29) is 47.8 Å². The molecule has 2 bridgehead atoms. The summed E-state index contributed by atoms with van der Waals surface area (Å²) in [6.07, 6.45) is 6.44. The van der Waals surface area contributed by atoms with Crippen LogP contribution in [0.3, 0.4) is 0 Å². The molecule has 0 spiro atoms. The number of carbonyl (C=O) groups is 2. The van der Waals surface area contributed by atoms with Gasteiger partial charge in [-0.3, -0.25) is 19.7 Å². The van der Waals surface area contributed by atoms with Crippen molar-refractivity contribution in [3.63, 3.8) is 0 Å². The number of nitro groups is 1. The number of ether oxygens (including phenoxy) is 1. The Labute approximate surface area is 178 Å². The lowest BCUT2D eigenvalue weighted by molar-refractivity contribution is -0.384. The van der Waals surface area contributed by atoms with Crippen molar-refractivity contribution in [2.75, 3.05) is 0 Å². The quantitative estimate of drug-likeness (QED) is 0.236. The van der Waals surface area contributed by atoms with Gasteiger partial charge in [0.2, 0.25) is 0 Å². The molecule has 1 aliphatic heterocycles. The topological polar surface area (TPSA) is 102 Å². The molecule has 5 rings (SSSR count). The predicted molar refractivity (Wildman–Crippen MR) is 111 cm³/mol. The Morgan fingerprint density at radius 3 is 2.32 bits per heavy atom. The highest BCUT2D eigenvalue weighted by molar-refractivity contribution is 6.06. The summed E-state index contributed by atoms with van der Waals surface area (Å²) in [7, 11) is 0. The fourth-order valence-corrected chi connectivity index (χ4v) is 4.71. The van der Waals surface area contributed by atoms with Crippen molar-refractivity contribution >= 4 is 23.7 Å². The zero-order valence-corrected chi connectivity index (χ0v) is 16.5. The first-order valence-electron chi connectivity index (χ1n) is 10.1. The Hall–Kier alpha value is -3.81. The zero-order valence-electron chi connectivity index (χ0n) is 16.5. The van der Waals surface area contributed by atoms with Crippen LogP contribution in [0.5, 0.6) is 5.75 Å². The molecule has 3 aliphatic rings. The lowest BCUT2D eigenvalue weighted by Gasteiger charge is -2.13. The van der Waals surface area contributed by atoms with E-state index in [0.717, 1.165) is 17.0 Å². The molecule has 2 amide bonds. The molecule has 1 saturated carbocycles. The fourth-order valence-electron chi connectivity index (χ4n) is 4.71. The molecule has 4 atom stereocenters. The lowest BCUT2D eigenvalue weighted by atomic mass is 9.85. The molecule has 2 fully saturated rings. The number of carbonyl (C=O) groups excluding carboxylic acids is 2. The van der Waals surface area contributed by atoms with Crippen LogP contribution in [0.2, 0.25) is 0 Å². The Morgan fingerprint density at radius 1 is 1.03 bits per heavy atom. The maximum atomic E-state index is 12.8. The second-order valence-corrected chi connectivity index (χ2v) is 7.98. The van der Waals surface area contributed by atoms with Gasteiger partial charge in [-0.15, -0.1) is 0 Å². The van der Waals surface area contributed by atoms with Gasteiger partial charge in [-0.05, 0) is 48.1 Å². The summed E-state index contributed by atoms with van der Waals surface area (Å²) < 4.78 is 5.85. The third-order valence-electron chi connectivity index (χ3n) is 6.22. The van der Waals surface area contributed by atoms with E-state index in [2.05, 4.69) is 5.10 Å². The van der Waals surface area contributed by atoms with E-state index >= 15 is 0 Å². The molecule has 8 nitrogen and oxygen atoms in total. The molecule has 8 heteroatoms. The summed E-state index contributed by atoms with van der Waals surface area (Å²) in [5.41, 5.74) is 1.42. The number of hydrogen-bond acceptors (Lipinski definition) is 6. The second-order valence-electron chi connectivity index (χ2n) is 7.98. The van der Waals surface area contributed by atoms with Gasteiger partial charge in [-0.2, -0.15) is 10.1 Å². The molecule has 156 valence electrons. The Kier molecular flexibility index (Phi) is 4.62. The number of hydrazone groups is 1. The lowest BCUT2D eigenvalue weighted by Crippen LogP contribution is -2.28. The number of nitrogens with zero attached hydrogens (tertiary/aromatic N) is 3. The van der Waals surface area contributed by atoms with Crippen LogP contribution in [0.25, 0.3) is 0 Å². The third-order valence-corrected chi connectivity index (χ3v) is 6.22. The Morgan fingerprint density at radius 2 is 1.68 bits per heavy atom. The summed E-state index contributed by atoms with van der Waals surface area (Å²) in [6, 6.07) is 13.3. The maximum Gasteiger partial charge on any atom is 0.269 e. The first-order valence-corrected chi connectivity index (χ1v) is 10.1.